The maximum Gasteiger partial charge on any atom is 0.488 e. The molecule has 0 fully saturated rings. The number of carbonyl (C=O) groups is 1. The molecule has 1 aliphatic rings. The Morgan fingerprint density at radius 3 is 2.89 bits per heavy atom. The zero-order valence-electron chi connectivity index (χ0n) is 9.74. The van der Waals surface area contributed by atoms with Gasteiger partial charge in [-0.3, -0.25) is 9.78 Å². The van der Waals surface area contributed by atoms with Gasteiger partial charge in [0.2, 0.25) is 0 Å². The summed E-state index contributed by atoms with van der Waals surface area (Å²) in [5.74, 6) is -0.775. The standard InChI is InChI=1S/C11H11FN2O4S/c12-19(16,17)18-10-5-8(6-13-7-10)11(15)14-9-3-1-2-4-9/h1,3,5-7,9H,2,4H2,(H,14,15). The van der Waals surface area contributed by atoms with Crippen LogP contribution in [0.15, 0.2) is 30.6 Å². The van der Waals surface area contributed by atoms with Crippen LogP contribution in [-0.4, -0.2) is 25.4 Å². The first kappa shape index (κ1) is 13.5. The molecule has 1 aromatic heterocycles. The summed E-state index contributed by atoms with van der Waals surface area (Å²) in [5.41, 5.74) is 0.0986. The van der Waals surface area contributed by atoms with E-state index < -0.39 is 16.4 Å². The molecule has 0 spiro atoms. The summed E-state index contributed by atoms with van der Waals surface area (Å²) in [5, 5.41) is 2.72. The lowest BCUT2D eigenvalue weighted by molar-refractivity contribution is 0.0943. The highest BCUT2D eigenvalue weighted by Gasteiger charge is 2.16. The zero-order valence-corrected chi connectivity index (χ0v) is 10.6. The lowest BCUT2D eigenvalue weighted by atomic mass is 10.2. The van der Waals surface area contributed by atoms with E-state index in [-0.39, 0.29) is 17.4 Å². The van der Waals surface area contributed by atoms with Gasteiger partial charge in [-0.15, -0.1) is 0 Å². The molecular formula is C11H11FN2O4S. The Balaban J connectivity index is 2.09. The highest BCUT2D eigenvalue weighted by molar-refractivity contribution is 7.81. The number of nitrogens with one attached hydrogen (secondary N) is 1. The van der Waals surface area contributed by atoms with Crippen molar-refractivity contribution in [3.63, 3.8) is 0 Å². The van der Waals surface area contributed by atoms with E-state index in [1.165, 1.54) is 6.20 Å². The second-order valence-corrected chi connectivity index (χ2v) is 4.92. The van der Waals surface area contributed by atoms with Crippen molar-refractivity contribution < 1.29 is 21.3 Å². The number of amides is 1. The molecule has 0 bridgehead atoms. The third-order valence-corrected chi connectivity index (χ3v) is 2.89. The average molecular weight is 286 g/mol. The summed E-state index contributed by atoms with van der Waals surface area (Å²) in [4.78, 5) is 15.5. The van der Waals surface area contributed by atoms with Crippen molar-refractivity contribution >= 4 is 16.4 Å². The first-order chi connectivity index (χ1) is 8.94. The van der Waals surface area contributed by atoms with Gasteiger partial charge in [0.05, 0.1) is 11.8 Å². The van der Waals surface area contributed by atoms with Gasteiger partial charge in [-0.05, 0) is 18.9 Å². The molecule has 1 heterocycles. The molecule has 1 amide bonds. The average Bonchev–Trinajstić information content (AvgIpc) is 2.80. The Bertz CT molecular complexity index is 615. The smallest absolute Gasteiger partial charge is 0.357 e. The van der Waals surface area contributed by atoms with E-state index in [2.05, 4.69) is 14.5 Å². The summed E-state index contributed by atoms with van der Waals surface area (Å²) in [6.07, 6.45) is 7.78. The van der Waals surface area contributed by atoms with E-state index in [1.807, 2.05) is 12.2 Å². The molecular weight excluding hydrogens is 275 g/mol. The Labute approximate surface area is 109 Å². The Kier molecular flexibility index (Phi) is 3.79. The maximum absolute atomic E-state index is 12.3. The van der Waals surface area contributed by atoms with Crippen LogP contribution < -0.4 is 9.50 Å². The van der Waals surface area contributed by atoms with Crippen LogP contribution in [0.25, 0.3) is 0 Å². The predicted molar refractivity (Wildman–Crippen MR) is 64.5 cm³/mol. The van der Waals surface area contributed by atoms with Crippen molar-refractivity contribution in [2.24, 2.45) is 0 Å². The van der Waals surface area contributed by atoms with Crippen molar-refractivity contribution in [1.29, 1.82) is 0 Å². The number of hydrogen-bond acceptors (Lipinski definition) is 5. The van der Waals surface area contributed by atoms with Gasteiger partial charge in [0.15, 0.2) is 5.75 Å². The molecule has 0 radical (unpaired) electrons. The molecule has 6 nitrogen and oxygen atoms in total. The summed E-state index contributed by atoms with van der Waals surface area (Å²) in [6, 6.07) is 1.06. The highest BCUT2D eigenvalue weighted by atomic mass is 32.3. The largest absolute Gasteiger partial charge is 0.488 e. The van der Waals surface area contributed by atoms with E-state index in [1.54, 1.807) is 0 Å². The fraction of sp³-hybridized carbons (Fsp3) is 0.273. The van der Waals surface area contributed by atoms with Gasteiger partial charge in [0.1, 0.15) is 0 Å². The molecule has 1 unspecified atom stereocenters. The molecule has 0 saturated heterocycles. The first-order valence-corrected chi connectivity index (χ1v) is 6.81. The molecule has 1 aromatic rings. The number of rotatable bonds is 4. The number of halogens is 1. The monoisotopic (exact) mass is 286 g/mol. The predicted octanol–water partition coefficient (Wildman–Crippen LogP) is 1.12. The van der Waals surface area contributed by atoms with Gasteiger partial charge in [-0.1, -0.05) is 16.0 Å². The molecule has 0 aliphatic heterocycles. The Morgan fingerprint density at radius 1 is 1.47 bits per heavy atom. The molecule has 19 heavy (non-hydrogen) atoms. The second kappa shape index (κ2) is 5.35. The fourth-order valence-electron chi connectivity index (χ4n) is 1.71. The van der Waals surface area contributed by atoms with Crippen LogP contribution in [0.3, 0.4) is 0 Å². The van der Waals surface area contributed by atoms with Gasteiger partial charge in [-0.25, -0.2) is 0 Å². The van der Waals surface area contributed by atoms with E-state index in [4.69, 9.17) is 0 Å². The summed E-state index contributed by atoms with van der Waals surface area (Å²) >= 11 is 0. The van der Waals surface area contributed by atoms with Crippen LogP contribution in [0.1, 0.15) is 23.2 Å². The molecule has 1 atom stereocenters. The van der Waals surface area contributed by atoms with Gasteiger partial charge < -0.3 is 9.50 Å². The summed E-state index contributed by atoms with van der Waals surface area (Å²) in [7, 11) is -5.12. The van der Waals surface area contributed by atoms with Crippen LogP contribution >= 0.6 is 0 Å². The van der Waals surface area contributed by atoms with E-state index in [0.29, 0.717) is 0 Å². The third kappa shape index (κ3) is 4.02. The van der Waals surface area contributed by atoms with Crippen molar-refractivity contribution in [3.8, 4) is 5.75 Å². The van der Waals surface area contributed by atoms with Crippen molar-refractivity contribution in [1.82, 2.24) is 10.3 Å². The molecule has 0 aromatic carbocycles. The maximum atomic E-state index is 12.3. The lowest BCUT2D eigenvalue weighted by Crippen LogP contribution is -2.32. The van der Waals surface area contributed by atoms with Crippen LogP contribution in [0.4, 0.5) is 3.89 Å². The summed E-state index contributed by atoms with van der Waals surface area (Å²) in [6.45, 7) is 0. The number of allylic oxidation sites excluding steroid dienone is 1. The minimum absolute atomic E-state index is 0.0537. The number of carbonyl (C=O) groups excluding carboxylic acids is 1. The third-order valence-electron chi connectivity index (χ3n) is 2.50. The van der Waals surface area contributed by atoms with E-state index >= 15 is 0 Å². The van der Waals surface area contributed by atoms with Crippen LogP contribution in [0, 0.1) is 0 Å². The minimum atomic E-state index is -5.12. The topological polar surface area (TPSA) is 85.4 Å². The molecule has 2 rings (SSSR count). The molecule has 1 N–H and O–H groups in total. The number of pyridine rings is 1. The van der Waals surface area contributed by atoms with Crippen LogP contribution in [-0.2, 0) is 10.5 Å². The van der Waals surface area contributed by atoms with E-state index in [0.717, 1.165) is 25.1 Å². The second-order valence-electron chi connectivity index (χ2n) is 3.97. The van der Waals surface area contributed by atoms with Crippen molar-refractivity contribution in [2.75, 3.05) is 0 Å². The molecule has 8 heteroatoms. The lowest BCUT2D eigenvalue weighted by Gasteiger charge is -2.10. The highest BCUT2D eigenvalue weighted by Crippen LogP contribution is 2.15. The SMILES string of the molecule is O=C(NC1C=CCC1)c1cncc(OS(=O)(=O)F)c1. The fourth-order valence-corrected chi connectivity index (χ4v) is 2.03. The van der Waals surface area contributed by atoms with E-state index in [9.17, 15) is 17.1 Å². The van der Waals surface area contributed by atoms with Gasteiger partial charge >= 0.3 is 10.5 Å². The Morgan fingerprint density at radius 2 is 2.26 bits per heavy atom. The number of aromatic nitrogens is 1. The molecule has 0 saturated carbocycles. The first-order valence-electron chi connectivity index (χ1n) is 5.51. The van der Waals surface area contributed by atoms with Gasteiger partial charge in [0.25, 0.3) is 5.91 Å². The quantitative estimate of drug-likeness (QED) is 0.662. The number of nitrogens with zero attached hydrogens (tertiary/aromatic N) is 1. The minimum Gasteiger partial charge on any atom is -0.357 e. The zero-order chi connectivity index (χ0) is 13.9. The van der Waals surface area contributed by atoms with Crippen LogP contribution in [0.2, 0.25) is 0 Å². The van der Waals surface area contributed by atoms with Gasteiger partial charge in [0, 0.05) is 12.2 Å². The summed E-state index contributed by atoms with van der Waals surface area (Å²) < 4.78 is 37.0. The molecule has 1 aliphatic carbocycles. The van der Waals surface area contributed by atoms with Crippen molar-refractivity contribution in [3.05, 3.63) is 36.2 Å². The van der Waals surface area contributed by atoms with Crippen molar-refractivity contribution in [2.45, 2.75) is 18.9 Å². The van der Waals surface area contributed by atoms with Crippen LogP contribution in [0.5, 0.6) is 5.75 Å². The number of hydrogen-bond donors (Lipinski definition) is 1. The Hall–Kier alpha value is -1.96. The van der Waals surface area contributed by atoms with Gasteiger partial charge in [-0.2, -0.15) is 8.42 Å². The normalized spacial score (nSPS) is 18.3. The molecule has 102 valence electrons.